The molecule has 1 aliphatic rings. The van der Waals surface area contributed by atoms with E-state index in [1.807, 2.05) is 24.3 Å². The molecule has 0 amide bonds. The van der Waals surface area contributed by atoms with E-state index in [0.717, 1.165) is 37.6 Å². The van der Waals surface area contributed by atoms with Crippen molar-refractivity contribution < 1.29 is 18.9 Å². The summed E-state index contributed by atoms with van der Waals surface area (Å²) in [6, 6.07) is 7.67. The number of rotatable bonds is 8. The van der Waals surface area contributed by atoms with E-state index in [2.05, 4.69) is 11.9 Å². The summed E-state index contributed by atoms with van der Waals surface area (Å²) in [4.78, 5) is 2.25. The molecule has 1 aromatic carbocycles. The number of hydrogen-bond donors (Lipinski definition) is 0. The minimum absolute atomic E-state index is 0.237. The first kappa shape index (κ1) is 16.1. The molecule has 0 radical (unpaired) electrons. The van der Waals surface area contributed by atoms with Crippen molar-refractivity contribution in [1.29, 1.82) is 0 Å². The van der Waals surface area contributed by atoms with Gasteiger partial charge in [0.25, 0.3) is 0 Å². The molecule has 0 spiro atoms. The SMILES string of the molecule is COc1cccc(OCCN(C)CCC2COCCO2)c1. The van der Waals surface area contributed by atoms with E-state index in [4.69, 9.17) is 18.9 Å². The van der Waals surface area contributed by atoms with Crippen LogP contribution in [0.3, 0.4) is 0 Å². The van der Waals surface area contributed by atoms with Crippen LogP contribution in [0.2, 0.25) is 0 Å². The fourth-order valence-electron chi connectivity index (χ4n) is 2.19. The first-order chi connectivity index (χ1) is 10.3. The standard InChI is InChI=1S/C16H25NO4/c1-17(7-6-16-13-19-10-11-21-16)8-9-20-15-5-3-4-14(12-15)18-2/h3-5,12,16H,6-11,13H2,1-2H3. The molecule has 0 aliphatic carbocycles. The van der Waals surface area contributed by atoms with Crippen LogP contribution in [0, 0.1) is 0 Å². The van der Waals surface area contributed by atoms with Crippen LogP contribution in [0.5, 0.6) is 11.5 Å². The first-order valence-electron chi connectivity index (χ1n) is 7.42. The number of likely N-dealkylation sites (N-methyl/N-ethyl adjacent to an activating group) is 1. The van der Waals surface area contributed by atoms with E-state index in [0.29, 0.717) is 19.8 Å². The molecule has 1 saturated heterocycles. The Hall–Kier alpha value is -1.30. The average molecular weight is 295 g/mol. The monoisotopic (exact) mass is 295 g/mol. The van der Waals surface area contributed by atoms with Crippen molar-refractivity contribution in [2.24, 2.45) is 0 Å². The minimum atomic E-state index is 0.237. The zero-order valence-corrected chi connectivity index (χ0v) is 12.9. The fourth-order valence-corrected chi connectivity index (χ4v) is 2.19. The normalized spacial score (nSPS) is 18.7. The summed E-state index contributed by atoms with van der Waals surface area (Å²) < 4.78 is 21.9. The number of ether oxygens (including phenoxy) is 4. The zero-order valence-electron chi connectivity index (χ0n) is 12.9. The molecule has 1 fully saturated rings. The van der Waals surface area contributed by atoms with E-state index in [9.17, 15) is 0 Å². The maximum absolute atomic E-state index is 5.73. The van der Waals surface area contributed by atoms with Gasteiger partial charge >= 0.3 is 0 Å². The van der Waals surface area contributed by atoms with Crippen molar-refractivity contribution in [3.63, 3.8) is 0 Å². The van der Waals surface area contributed by atoms with Gasteiger partial charge in [0.1, 0.15) is 18.1 Å². The van der Waals surface area contributed by atoms with E-state index in [1.54, 1.807) is 7.11 Å². The van der Waals surface area contributed by atoms with Gasteiger partial charge in [-0.25, -0.2) is 0 Å². The summed E-state index contributed by atoms with van der Waals surface area (Å²) in [7, 11) is 3.75. The van der Waals surface area contributed by atoms with Gasteiger partial charge in [-0.2, -0.15) is 0 Å². The highest BCUT2D eigenvalue weighted by atomic mass is 16.6. The number of methoxy groups -OCH3 is 1. The first-order valence-corrected chi connectivity index (χ1v) is 7.42. The van der Waals surface area contributed by atoms with Crippen LogP contribution in [-0.4, -0.2) is 64.7 Å². The lowest BCUT2D eigenvalue weighted by atomic mass is 10.2. The Labute approximate surface area is 126 Å². The smallest absolute Gasteiger partial charge is 0.123 e. The summed E-state index contributed by atoms with van der Waals surface area (Å²) in [6.07, 6.45) is 1.23. The highest BCUT2D eigenvalue weighted by Gasteiger charge is 2.14. The van der Waals surface area contributed by atoms with Crippen LogP contribution in [0.4, 0.5) is 0 Å². The zero-order chi connectivity index (χ0) is 14.9. The second-order valence-electron chi connectivity index (χ2n) is 5.19. The van der Waals surface area contributed by atoms with Gasteiger partial charge in [0.15, 0.2) is 0 Å². The van der Waals surface area contributed by atoms with Gasteiger partial charge in [-0.3, -0.25) is 0 Å². The number of benzene rings is 1. The van der Waals surface area contributed by atoms with Crippen LogP contribution >= 0.6 is 0 Å². The van der Waals surface area contributed by atoms with Crippen molar-refractivity contribution in [3.05, 3.63) is 24.3 Å². The third kappa shape index (κ3) is 5.91. The van der Waals surface area contributed by atoms with Crippen molar-refractivity contribution in [1.82, 2.24) is 4.90 Å². The highest BCUT2D eigenvalue weighted by molar-refractivity contribution is 5.32. The summed E-state index contributed by atoms with van der Waals surface area (Å²) >= 11 is 0. The lowest BCUT2D eigenvalue weighted by Crippen LogP contribution is -2.33. The summed E-state index contributed by atoms with van der Waals surface area (Å²) in [6.45, 7) is 4.67. The molecule has 0 N–H and O–H groups in total. The van der Waals surface area contributed by atoms with Crippen LogP contribution in [-0.2, 0) is 9.47 Å². The van der Waals surface area contributed by atoms with E-state index in [1.165, 1.54) is 0 Å². The van der Waals surface area contributed by atoms with Gasteiger partial charge in [-0.1, -0.05) is 6.07 Å². The number of hydrogen-bond acceptors (Lipinski definition) is 5. The fraction of sp³-hybridized carbons (Fsp3) is 0.625. The summed E-state index contributed by atoms with van der Waals surface area (Å²) in [5, 5.41) is 0. The molecule has 1 unspecified atom stereocenters. The molecule has 1 aromatic rings. The Bertz CT molecular complexity index is 407. The van der Waals surface area contributed by atoms with Crippen LogP contribution in [0.25, 0.3) is 0 Å². The molecule has 1 aliphatic heterocycles. The predicted octanol–water partition coefficient (Wildman–Crippen LogP) is 1.81. The topological polar surface area (TPSA) is 40.2 Å². The molecular weight excluding hydrogens is 270 g/mol. The quantitative estimate of drug-likeness (QED) is 0.731. The van der Waals surface area contributed by atoms with Gasteiger partial charge in [0.2, 0.25) is 0 Å². The Morgan fingerprint density at radius 1 is 1.24 bits per heavy atom. The molecule has 1 heterocycles. The van der Waals surface area contributed by atoms with Crippen LogP contribution in [0.15, 0.2) is 24.3 Å². The van der Waals surface area contributed by atoms with Gasteiger partial charge in [0.05, 0.1) is 33.0 Å². The Morgan fingerprint density at radius 3 is 2.86 bits per heavy atom. The predicted molar refractivity (Wildman–Crippen MR) is 81.2 cm³/mol. The van der Waals surface area contributed by atoms with Gasteiger partial charge in [-0.05, 0) is 25.6 Å². The Balaban J connectivity index is 1.60. The van der Waals surface area contributed by atoms with Gasteiger partial charge < -0.3 is 23.8 Å². The molecule has 5 nitrogen and oxygen atoms in total. The van der Waals surface area contributed by atoms with Crippen molar-refractivity contribution in [2.45, 2.75) is 12.5 Å². The molecule has 1 atom stereocenters. The lowest BCUT2D eigenvalue weighted by Gasteiger charge is -2.25. The molecule has 0 bridgehead atoms. The molecule has 0 aromatic heterocycles. The molecular formula is C16H25NO4. The highest BCUT2D eigenvalue weighted by Crippen LogP contribution is 2.18. The maximum Gasteiger partial charge on any atom is 0.123 e. The maximum atomic E-state index is 5.73. The molecule has 0 saturated carbocycles. The van der Waals surface area contributed by atoms with Gasteiger partial charge in [0, 0.05) is 19.2 Å². The van der Waals surface area contributed by atoms with Crippen LogP contribution < -0.4 is 9.47 Å². The van der Waals surface area contributed by atoms with Crippen molar-refractivity contribution >= 4 is 0 Å². The largest absolute Gasteiger partial charge is 0.497 e. The van der Waals surface area contributed by atoms with E-state index in [-0.39, 0.29) is 6.10 Å². The second-order valence-corrected chi connectivity index (χ2v) is 5.19. The second kappa shape index (κ2) is 8.87. The Kier molecular flexibility index (Phi) is 6.79. The van der Waals surface area contributed by atoms with Crippen molar-refractivity contribution in [2.75, 3.05) is 53.7 Å². The average Bonchev–Trinajstić information content (AvgIpc) is 2.54. The summed E-state index contributed by atoms with van der Waals surface area (Å²) in [5.41, 5.74) is 0. The lowest BCUT2D eigenvalue weighted by molar-refractivity contribution is -0.0923. The molecule has 5 heteroatoms. The van der Waals surface area contributed by atoms with E-state index >= 15 is 0 Å². The summed E-state index contributed by atoms with van der Waals surface area (Å²) in [5.74, 6) is 1.65. The Morgan fingerprint density at radius 2 is 2.10 bits per heavy atom. The minimum Gasteiger partial charge on any atom is -0.497 e. The van der Waals surface area contributed by atoms with Crippen molar-refractivity contribution in [3.8, 4) is 11.5 Å². The van der Waals surface area contributed by atoms with Gasteiger partial charge in [-0.15, -0.1) is 0 Å². The van der Waals surface area contributed by atoms with Crippen LogP contribution in [0.1, 0.15) is 6.42 Å². The molecule has 2 rings (SSSR count). The number of nitrogens with zero attached hydrogens (tertiary/aromatic N) is 1. The third-order valence-corrected chi connectivity index (χ3v) is 3.50. The van der Waals surface area contributed by atoms with E-state index < -0.39 is 0 Å². The molecule has 21 heavy (non-hydrogen) atoms. The molecule has 118 valence electrons. The third-order valence-electron chi connectivity index (χ3n) is 3.50.